The minimum atomic E-state index is -0.426. The van der Waals surface area contributed by atoms with Gasteiger partial charge >= 0.3 is 0 Å². The molecule has 1 aliphatic carbocycles. The SMILES string of the molecule is c1ccc(C2(c3ccccc3)c3ccccc3-c3ccc(-c4cccc(-n5c6ccccc6c6c7sc8ccccc8c7ccc65)c4)cc32)cc1. The van der Waals surface area contributed by atoms with Gasteiger partial charge in [-0.15, -0.1) is 11.3 Å². The van der Waals surface area contributed by atoms with Crippen molar-refractivity contribution in [3.05, 3.63) is 210 Å². The Morgan fingerprint density at radius 3 is 1.90 bits per heavy atom. The Bertz CT molecular complexity index is 2930. The van der Waals surface area contributed by atoms with Gasteiger partial charge in [-0.25, -0.2) is 0 Å². The molecule has 11 rings (SSSR count). The fourth-order valence-electron chi connectivity index (χ4n) is 8.96. The maximum absolute atomic E-state index is 2.46. The van der Waals surface area contributed by atoms with Gasteiger partial charge in [0.1, 0.15) is 0 Å². The van der Waals surface area contributed by atoms with Crippen molar-refractivity contribution in [2.75, 3.05) is 0 Å². The number of rotatable bonds is 4. The number of benzene rings is 8. The van der Waals surface area contributed by atoms with Crippen molar-refractivity contribution in [3.63, 3.8) is 0 Å². The molecule has 1 aliphatic rings. The lowest BCUT2D eigenvalue weighted by Crippen LogP contribution is -2.28. The van der Waals surface area contributed by atoms with Crippen molar-refractivity contribution >= 4 is 53.3 Å². The zero-order valence-corrected chi connectivity index (χ0v) is 28.6. The molecule has 0 aliphatic heterocycles. The van der Waals surface area contributed by atoms with Crippen LogP contribution in [0.25, 0.3) is 69.9 Å². The lowest BCUT2D eigenvalue weighted by Gasteiger charge is -2.34. The number of aromatic nitrogens is 1. The first kappa shape index (κ1) is 28.6. The lowest BCUT2D eigenvalue weighted by molar-refractivity contribution is 0.769. The predicted octanol–water partition coefficient (Wildman–Crippen LogP) is 13.2. The van der Waals surface area contributed by atoms with Crippen LogP contribution in [0, 0.1) is 0 Å². The third kappa shape index (κ3) is 3.97. The smallest absolute Gasteiger partial charge is 0.0713 e. The third-order valence-corrected chi connectivity index (χ3v) is 12.3. The van der Waals surface area contributed by atoms with Crippen LogP contribution in [0.4, 0.5) is 0 Å². The molecule has 0 radical (unpaired) electrons. The summed E-state index contributed by atoms with van der Waals surface area (Å²) >= 11 is 1.90. The Hall–Kier alpha value is -6.22. The largest absolute Gasteiger partial charge is 0.309 e. The summed E-state index contributed by atoms with van der Waals surface area (Å²) in [6.45, 7) is 0. The fourth-order valence-corrected chi connectivity index (χ4v) is 10.2. The van der Waals surface area contributed by atoms with Gasteiger partial charge in [-0.05, 0) is 80.9 Å². The molecule has 8 aromatic carbocycles. The minimum Gasteiger partial charge on any atom is -0.309 e. The summed E-state index contributed by atoms with van der Waals surface area (Å²) < 4.78 is 5.15. The molecule has 0 bridgehead atoms. The molecule has 0 atom stereocenters. The second-order valence-electron chi connectivity index (χ2n) is 13.6. The summed E-state index contributed by atoms with van der Waals surface area (Å²) in [5.74, 6) is 0. The standard InChI is InChI=1S/C49H31NS/c1-3-15-34(16-4-1)49(35-17-5-2-6-18-35)42-23-10-7-20-37(42)38-27-26-33(31-43(38)49)32-14-13-19-36(30-32)50-44-24-11-8-22-41(44)47-45(50)29-28-40-39-21-9-12-25-46(39)51-48(40)47/h1-31H. The van der Waals surface area contributed by atoms with E-state index in [4.69, 9.17) is 0 Å². The molecule has 0 saturated carbocycles. The average molecular weight is 666 g/mol. The van der Waals surface area contributed by atoms with E-state index in [0.717, 1.165) is 0 Å². The molecule has 2 heterocycles. The van der Waals surface area contributed by atoms with Crippen molar-refractivity contribution in [3.8, 4) is 27.9 Å². The first-order valence-electron chi connectivity index (χ1n) is 17.6. The van der Waals surface area contributed by atoms with Crippen molar-refractivity contribution in [2.24, 2.45) is 0 Å². The highest BCUT2D eigenvalue weighted by molar-refractivity contribution is 7.26. The van der Waals surface area contributed by atoms with E-state index in [1.165, 1.54) is 92.2 Å². The van der Waals surface area contributed by atoms with E-state index >= 15 is 0 Å². The maximum atomic E-state index is 2.46. The van der Waals surface area contributed by atoms with Gasteiger partial charge in [-0.3, -0.25) is 0 Å². The van der Waals surface area contributed by atoms with Crippen LogP contribution in [-0.4, -0.2) is 4.57 Å². The highest BCUT2D eigenvalue weighted by Crippen LogP contribution is 2.56. The summed E-state index contributed by atoms with van der Waals surface area (Å²) in [6.07, 6.45) is 0. The molecule has 0 spiro atoms. The van der Waals surface area contributed by atoms with Crippen molar-refractivity contribution in [2.45, 2.75) is 5.41 Å². The molecule has 2 heteroatoms. The van der Waals surface area contributed by atoms with E-state index in [-0.39, 0.29) is 0 Å². The van der Waals surface area contributed by atoms with Gasteiger partial charge < -0.3 is 4.57 Å². The molecule has 51 heavy (non-hydrogen) atoms. The van der Waals surface area contributed by atoms with Gasteiger partial charge in [0.25, 0.3) is 0 Å². The highest BCUT2D eigenvalue weighted by Gasteiger charge is 2.46. The fraction of sp³-hybridized carbons (Fsp3) is 0.0204. The first-order chi connectivity index (χ1) is 25.3. The molecule has 0 saturated heterocycles. The zero-order valence-electron chi connectivity index (χ0n) is 27.8. The molecule has 1 nitrogen and oxygen atoms in total. The van der Waals surface area contributed by atoms with E-state index in [9.17, 15) is 0 Å². The number of thiophene rings is 1. The number of para-hydroxylation sites is 1. The Balaban J connectivity index is 1.14. The Morgan fingerprint density at radius 2 is 1.08 bits per heavy atom. The third-order valence-electron chi connectivity index (χ3n) is 11.1. The normalized spacial score (nSPS) is 13.3. The van der Waals surface area contributed by atoms with Gasteiger partial charge in [-0.1, -0.05) is 152 Å². The monoisotopic (exact) mass is 665 g/mol. The van der Waals surface area contributed by atoms with Crippen molar-refractivity contribution < 1.29 is 0 Å². The zero-order chi connectivity index (χ0) is 33.5. The lowest BCUT2D eigenvalue weighted by atomic mass is 9.67. The number of hydrogen-bond donors (Lipinski definition) is 0. The van der Waals surface area contributed by atoms with Crippen LogP contribution < -0.4 is 0 Å². The van der Waals surface area contributed by atoms with Gasteiger partial charge in [0.15, 0.2) is 0 Å². The van der Waals surface area contributed by atoms with Crippen molar-refractivity contribution in [1.82, 2.24) is 4.57 Å². The van der Waals surface area contributed by atoms with Crippen LogP contribution in [0.5, 0.6) is 0 Å². The molecule has 0 N–H and O–H groups in total. The van der Waals surface area contributed by atoms with Gasteiger partial charge in [0.05, 0.1) is 16.4 Å². The second kappa shape index (κ2) is 10.9. The molecular weight excluding hydrogens is 635 g/mol. The van der Waals surface area contributed by atoms with Gasteiger partial charge in [0, 0.05) is 36.6 Å². The first-order valence-corrected chi connectivity index (χ1v) is 18.4. The molecule has 238 valence electrons. The summed E-state index contributed by atoms with van der Waals surface area (Å²) in [4.78, 5) is 0. The Labute approximate surface area is 300 Å². The Morgan fingerprint density at radius 1 is 0.412 bits per heavy atom. The van der Waals surface area contributed by atoms with Crippen LogP contribution in [0.1, 0.15) is 22.3 Å². The van der Waals surface area contributed by atoms with Crippen LogP contribution in [0.2, 0.25) is 0 Å². The molecular formula is C49H31NS. The second-order valence-corrected chi connectivity index (χ2v) is 14.7. The van der Waals surface area contributed by atoms with Gasteiger partial charge in [0.2, 0.25) is 0 Å². The highest BCUT2D eigenvalue weighted by atomic mass is 32.1. The number of hydrogen-bond acceptors (Lipinski definition) is 1. The van der Waals surface area contributed by atoms with E-state index in [1.807, 2.05) is 11.3 Å². The Kier molecular flexibility index (Phi) is 6.11. The van der Waals surface area contributed by atoms with E-state index in [1.54, 1.807) is 0 Å². The summed E-state index contributed by atoms with van der Waals surface area (Å²) in [5, 5.41) is 5.29. The minimum absolute atomic E-state index is 0.426. The van der Waals surface area contributed by atoms with Gasteiger partial charge in [-0.2, -0.15) is 0 Å². The predicted molar refractivity (Wildman–Crippen MR) is 216 cm³/mol. The van der Waals surface area contributed by atoms with Crippen LogP contribution in [0.15, 0.2) is 188 Å². The quantitative estimate of drug-likeness (QED) is 0.176. The number of fused-ring (bicyclic) bond motifs is 10. The molecule has 2 aromatic heterocycles. The van der Waals surface area contributed by atoms with Crippen molar-refractivity contribution in [1.29, 1.82) is 0 Å². The van der Waals surface area contributed by atoms with E-state index in [0.29, 0.717) is 0 Å². The van der Waals surface area contributed by atoms with E-state index in [2.05, 4.69) is 193 Å². The number of nitrogens with zero attached hydrogens (tertiary/aromatic N) is 1. The molecule has 0 fully saturated rings. The summed E-state index contributed by atoms with van der Waals surface area (Å²) in [6, 6.07) is 69.6. The van der Waals surface area contributed by atoms with Crippen LogP contribution in [-0.2, 0) is 5.41 Å². The van der Waals surface area contributed by atoms with Crippen LogP contribution in [0.3, 0.4) is 0 Å². The summed E-state index contributed by atoms with van der Waals surface area (Å²) in [7, 11) is 0. The van der Waals surface area contributed by atoms with E-state index < -0.39 is 5.41 Å². The topological polar surface area (TPSA) is 4.93 Å². The maximum Gasteiger partial charge on any atom is 0.0713 e. The molecule has 0 amide bonds. The van der Waals surface area contributed by atoms with Crippen LogP contribution >= 0.6 is 11.3 Å². The molecule has 0 unspecified atom stereocenters. The average Bonchev–Trinajstić information content (AvgIpc) is 3.85. The molecule has 10 aromatic rings. The summed E-state index contributed by atoms with van der Waals surface area (Å²) in [5.41, 5.74) is 13.5.